The Morgan fingerprint density at radius 2 is 1.67 bits per heavy atom. The summed E-state index contributed by atoms with van der Waals surface area (Å²) in [6, 6.07) is 0. The molecule has 0 aliphatic carbocycles. The molecule has 0 aromatic carbocycles. The average Bonchev–Trinajstić information content (AvgIpc) is 1.64. The Morgan fingerprint density at radius 3 is 1.67 bits per heavy atom. The largest absolute Gasteiger partial charge is 0.176 e. The maximum atomic E-state index is 5.71. The second-order valence-corrected chi connectivity index (χ2v) is 12.8. The highest BCUT2D eigenvalue weighted by atomic mass is 127. The van der Waals surface area contributed by atoms with Gasteiger partial charge in [0, 0.05) is 0 Å². The van der Waals surface area contributed by atoms with Crippen LogP contribution in [0.15, 0.2) is 0 Å². The van der Waals surface area contributed by atoms with E-state index in [1.165, 1.54) is 0 Å². The maximum absolute atomic E-state index is 5.71. The standard InChI is InChI=1S/C4H8Cl3ISi/c1-9(2,3-8)4(5,6)7/h3H2,1-2H3. The summed E-state index contributed by atoms with van der Waals surface area (Å²) in [7, 11) is -1.60. The van der Waals surface area contributed by atoms with Gasteiger partial charge in [0.05, 0.1) is 0 Å². The van der Waals surface area contributed by atoms with Crippen molar-refractivity contribution in [3.63, 3.8) is 0 Å². The van der Waals surface area contributed by atoms with E-state index in [4.69, 9.17) is 34.8 Å². The molecule has 0 aromatic rings. The lowest BCUT2D eigenvalue weighted by atomic mass is 11.7. The van der Waals surface area contributed by atoms with Crippen LogP contribution in [0, 0.1) is 0 Å². The molecule has 0 nitrogen and oxygen atoms in total. The van der Waals surface area contributed by atoms with Crippen molar-refractivity contribution in [1.82, 2.24) is 0 Å². The molecule has 0 heterocycles. The van der Waals surface area contributed by atoms with Crippen LogP contribution in [0.4, 0.5) is 0 Å². The minimum atomic E-state index is -1.60. The molecule has 0 rings (SSSR count). The van der Waals surface area contributed by atoms with Crippen LogP contribution in [-0.4, -0.2) is 15.5 Å². The molecule has 0 aliphatic heterocycles. The first-order valence-corrected chi connectivity index (χ1v) is 8.30. The Kier molecular flexibility index (Phi) is 4.18. The molecule has 0 aliphatic rings. The highest BCUT2D eigenvalue weighted by Gasteiger charge is 2.41. The number of rotatable bonds is 1. The molecular formula is C4H8Cl3ISi. The molecule has 0 radical (unpaired) electrons. The second-order valence-electron chi connectivity index (χ2n) is 2.52. The van der Waals surface area contributed by atoms with Crippen LogP contribution in [-0.2, 0) is 0 Å². The third kappa shape index (κ3) is 3.14. The molecule has 56 valence electrons. The molecule has 0 amide bonds. The van der Waals surface area contributed by atoms with Crippen molar-refractivity contribution >= 4 is 65.5 Å². The van der Waals surface area contributed by atoms with Crippen molar-refractivity contribution < 1.29 is 0 Å². The topological polar surface area (TPSA) is 0 Å². The quantitative estimate of drug-likeness (QED) is 0.394. The van der Waals surface area contributed by atoms with Gasteiger partial charge in [-0.3, -0.25) is 0 Å². The summed E-state index contributed by atoms with van der Waals surface area (Å²) in [6.45, 7) is 4.12. The minimum absolute atomic E-state index is 0.973. The van der Waals surface area contributed by atoms with Gasteiger partial charge >= 0.3 is 0 Å². The lowest BCUT2D eigenvalue weighted by Gasteiger charge is -2.27. The molecule has 0 saturated carbocycles. The number of halogens is 4. The van der Waals surface area contributed by atoms with Gasteiger partial charge in [0.1, 0.15) is 8.07 Å². The summed E-state index contributed by atoms with van der Waals surface area (Å²) >= 11 is 19.4. The van der Waals surface area contributed by atoms with E-state index < -0.39 is 11.5 Å². The average molecular weight is 317 g/mol. The van der Waals surface area contributed by atoms with Crippen LogP contribution in [0.1, 0.15) is 0 Å². The fourth-order valence-corrected chi connectivity index (χ4v) is 4.57. The highest BCUT2D eigenvalue weighted by molar-refractivity contribution is 14.1. The Balaban J connectivity index is 4.14. The van der Waals surface area contributed by atoms with Crippen LogP contribution >= 0.6 is 57.4 Å². The highest BCUT2D eigenvalue weighted by Crippen LogP contribution is 2.37. The predicted octanol–water partition coefficient (Wildman–Crippen LogP) is 3.58. The van der Waals surface area contributed by atoms with E-state index in [-0.39, 0.29) is 0 Å². The van der Waals surface area contributed by atoms with E-state index in [0.717, 1.165) is 4.05 Å². The first-order valence-electron chi connectivity index (χ1n) is 2.44. The Labute approximate surface area is 85.4 Å². The lowest BCUT2D eigenvalue weighted by Crippen LogP contribution is -2.44. The van der Waals surface area contributed by atoms with Gasteiger partial charge in [0.15, 0.2) is 3.42 Å². The molecule has 9 heavy (non-hydrogen) atoms. The summed E-state index contributed by atoms with van der Waals surface area (Å²) in [4.78, 5) is 0. The summed E-state index contributed by atoms with van der Waals surface area (Å²) in [5.74, 6) is 0. The Hall–Kier alpha value is 1.82. The smallest absolute Gasteiger partial charge is 0.0896 e. The summed E-state index contributed by atoms with van der Waals surface area (Å²) in [5, 5.41) is 0. The third-order valence-corrected chi connectivity index (χ3v) is 13.6. The van der Waals surface area contributed by atoms with Crippen LogP contribution in [0.3, 0.4) is 0 Å². The minimum Gasteiger partial charge on any atom is -0.0896 e. The van der Waals surface area contributed by atoms with Crippen molar-refractivity contribution in [2.45, 2.75) is 16.5 Å². The molecule has 0 atom stereocenters. The number of alkyl halides is 4. The molecule has 0 spiro atoms. The van der Waals surface area contributed by atoms with E-state index in [0.29, 0.717) is 0 Å². The fourth-order valence-electron chi connectivity index (χ4n) is 0.0758. The number of hydrogen-bond donors (Lipinski definition) is 0. The van der Waals surface area contributed by atoms with Crippen LogP contribution in [0.25, 0.3) is 0 Å². The molecule has 0 saturated heterocycles. The van der Waals surface area contributed by atoms with E-state index >= 15 is 0 Å². The Morgan fingerprint density at radius 1 is 1.33 bits per heavy atom. The van der Waals surface area contributed by atoms with Crippen molar-refractivity contribution in [2.24, 2.45) is 0 Å². The van der Waals surface area contributed by atoms with Crippen LogP contribution in [0.2, 0.25) is 13.1 Å². The van der Waals surface area contributed by atoms with Gasteiger partial charge in [0.2, 0.25) is 0 Å². The van der Waals surface area contributed by atoms with Crippen LogP contribution in [0.5, 0.6) is 0 Å². The second kappa shape index (κ2) is 3.48. The molecule has 0 bridgehead atoms. The normalized spacial score (nSPS) is 14.0. The van der Waals surface area contributed by atoms with Crippen molar-refractivity contribution in [3.8, 4) is 0 Å². The van der Waals surface area contributed by atoms with Gasteiger partial charge in [-0.25, -0.2) is 0 Å². The van der Waals surface area contributed by atoms with Gasteiger partial charge in [0.25, 0.3) is 0 Å². The van der Waals surface area contributed by atoms with Crippen LogP contribution < -0.4 is 0 Å². The summed E-state index contributed by atoms with van der Waals surface area (Å²) < 4.78 is -0.0323. The third-order valence-electron chi connectivity index (χ3n) is 1.10. The fraction of sp³-hybridized carbons (Fsp3) is 1.00. The molecule has 0 fully saturated rings. The van der Waals surface area contributed by atoms with Crippen molar-refractivity contribution in [1.29, 1.82) is 0 Å². The molecular weight excluding hydrogens is 309 g/mol. The van der Waals surface area contributed by atoms with Gasteiger partial charge in [-0.2, -0.15) is 0 Å². The van der Waals surface area contributed by atoms with E-state index in [9.17, 15) is 0 Å². The monoisotopic (exact) mass is 316 g/mol. The lowest BCUT2D eigenvalue weighted by molar-refractivity contribution is 1.48. The molecule has 0 unspecified atom stereocenters. The van der Waals surface area contributed by atoms with E-state index in [2.05, 4.69) is 35.7 Å². The molecule has 0 N–H and O–H groups in total. The van der Waals surface area contributed by atoms with Gasteiger partial charge in [-0.15, -0.1) is 0 Å². The van der Waals surface area contributed by atoms with Gasteiger partial charge in [-0.1, -0.05) is 70.5 Å². The van der Waals surface area contributed by atoms with E-state index in [1.807, 2.05) is 0 Å². The number of hydrogen-bond acceptors (Lipinski definition) is 0. The van der Waals surface area contributed by atoms with Crippen molar-refractivity contribution in [2.75, 3.05) is 4.05 Å². The SMILES string of the molecule is C[Si](C)(CI)C(Cl)(Cl)Cl. The molecule has 0 aromatic heterocycles. The zero-order valence-corrected chi connectivity index (χ0v) is 10.6. The van der Waals surface area contributed by atoms with Gasteiger partial charge in [-0.05, 0) is 4.05 Å². The summed E-state index contributed by atoms with van der Waals surface area (Å²) in [6.07, 6.45) is 0. The predicted molar refractivity (Wildman–Crippen MR) is 56.7 cm³/mol. The Bertz CT molecular complexity index is 98.5. The zero-order chi connectivity index (χ0) is 7.71. The van der Waals surface area contributed by atoms with E-state index in [1.54, 1.807) is 0 Å². The zero-order valence-electron chi connectivity index (χ0n) is 5.22. The first-order chi connectivity index (χ1) is 3.81. The molecule has 5 heteroatoms. The first kappa shape index (κ1) is 10.8. The maximum Gasteiger partial charge on any atom is 0.176 e. The summed E-state index contributed by atoms with van der Waals surface area (Å²) in [5.41, 5.74) is 0. The van der Waals surface area contributed by atoms with Gasteiger partial charge < -0.3 is 0 Å². The van der Waals surface area contributed by atoms with Crippen molar-refractivity contribution in [3.05, 3.63) is 0 Å².